The highest BCUT2D eigenvalue weighted by molar-refractivity contribution is 5.88. The SMILES string of the molecule is CC.COc1cc2c(Oc3ccc([N+](=O)[O-])cc3F)ccnc2cc1OCc1ccccc1. The van der Waals surface area contributed by atoms with Crippen LogP contribution in [0.5, 0.6) is 23.0 Å². The van der Waals surface area contributed by atoms with Crippen LogP contribution >= 0.6 is 0 Å². The molecule has 170 valence electrons. The highest BCUT2D eigenvalue weighted by Crippen LogP contribution is 2.38. The van der Waals surface area contributed by atoms with Crippen LogP contribution in [-0.4, -0.2) is 17.0 Å². The Balaban J connectivity index is 0.00000149. The molecule has 33 heavy (non-hydrogen) atoms. The summed E-state index contributed by atoms with van der Waals surface area (Å²) in [4.78, 5) is 14.5. The molecule has 0 aliphatic heterocycles. The number of pyridine rings is 1. The van der Waals surface area contributed by atoms with Gasteiger partial charge in [0.15, 0.2) is 23.1 Å². The Kier molecular flexibility index (Phi) is 7.75. The monoisotopic (exact) mass is 450 g/mol. The average Bonchev–Trinajstić information content (AvgIpc) is 2.85. The smallest absolute Gasteiger partial charge is 0.272 e. The van der Waals surface area contributed by atoms with E-state index in [4.69, 9.17) is 14.2 Å². The summed E-state index contributed by atoms with van der Waals surface area (Å²) in [6.07, 6.45) is 1.52. The zero-order chi connectivity index (χ0) is 23.8. The molecule has 7 nitrogen and oxygen atoms in total. The van der Waals surface area contributed by atoms with Gasteiger partial charge < -0.3 is 14.2 Å². The van der Waals surface area contributed by atoms with E-state index in [1.54, 1.807) is 18.2 Å². The lowest BCUT2D eigenvalue weighted by Gasteiger charge is -2.14. The van der Waals surface area contributed by atoms with Gasteiger partial charge in [-0.15, -0.1) is 0 Å². The highest BCUT2D eigenvalue weighted by atomic mass is 19.1. The number of hydrogen-bond acceptors (Lipinski definition) is 6. The minimum absolute atomic E-state index is 0.138. The number of fused-ring (bicyclic) bond motifs is 1. The maximum absolute atomic E-state index is 14.3. The van der Waals surface area contributed by atoms with E-state index in [0.717, 1.165) is 11.6 Å². The summed E-state index contributed by atoms with van der Waals surface area (Å²) in [7, 11) is 1.52. The molecule has 0 fully saturated rings. The summed E-state index contributed by atoms with van der Waals surface area (Å²) in [5.41, 5.74) is 1.21. The first-order valence-corrected chi connectivity index (χ1v) is 10.3. The Bertz CT molecular complexity index is 1250. The van der Waals surface area contributed by atoms with Crippen LogP contribution in [0, 0.1) is 15.9 Å². The minimum Gasteiger partial charge on any atom is -0.493 e. The molecule has 0 unspecified atom stereocenters. The van der Waals surface area contributed by atoms with Crippen molar-refractivity contribution in [3.63, 3.8) is 0 Å². The Labute approximate surface area is 190 Å². The standard InChI is InChI=1S/C23H17FN2O5.C2H6/c1-29-22-12-17-19(13-23(22)30-14-15-5-3-2-4-6-15)25-10-9-20(17)31-21-8-7-16(26(27)28)11-18(21)24;1-2/h2-13H,14H2,1H3;1-2H3. The van der Waals surface area contributed by atoms with Gasteiger partial charge in [-0.2, -0.15) is 0 Å². The zero-order valence-electron chi connectivity index (χ0n) is 18.4. The first-order chi connectivity index (χ1) is 16.0. The van der Waals surface area contributed by atoms with E-state index in [0.29, 0.717) is 34.8 Å². The molecule has 1 heterocycles. The third kappa shape index (κ3) is 5.54. The van der Waals surface area contributed by atoms with Crippen LogP contribution in [0.2, 0.25) is 0 Å². The van der Waals surface area contributed by atoms with Crippen molar-refractivity contribution in [3.8, 4) is 23.0 Å². The lowest BCUT2D eigenvalue weighted by Crippen LogP contribution is -1.99. The van der Waals surface area contributed by atoms with E-state index in [-0.39, 0.29) is 11.4 Å². The molecule has 0 aliphatic carbocycles. The van der Waals surface area contributed by atoms with Gasteiger partial charge in [0.2, 0.25) is 0 Å². The first-order valence-electron chi connectivity index (χ1n) is 10.3. The van der Waals surface area contributed by atoms with Crippen molar-refractivity contribution in [2.75, 3.05) is 7.11 Å². The average molecular weight is 450 g/mol. The maximum Gasteiger partial charge on any atom is 0.272 e. The molecular weight excluding hydrogens is 427 g/mol. The highest BCUT2D eigenvalue weighted by Gasteiger charge is 2.16. The molecule has 0 aliphatic rings. The molecule has 0 spiro atoms. The molecular formula is C25H23FN2O5. The van der Waals surface area contributed by atoms with Crippen molar-refractivity contribution in [1.29, 1.82) is 0 Å². The molecule has 0 amide bonds. The predicted octanol–water partition coefficient (Wildman–Crippen LogP) is 6.69. The van der Waals surface area contributed by atoms with Gasteiger partial charge >= 0.3 is 0 Å². The van der Waals surface area contributed by atoms with Crippen LogP contribution in [0.4, 0.5) is 10.1 Å². The fourth-order valence-corrected chi connectivity index (χ4v) is 3.03. The van der Waals surface area contributed by atoms with Crippen molar-refractivity contribution >= 4 is 16.6 Å². The van der Waals surface area contributed by atoms with Gasteiger partial charge in [-0.1, -0.05) is 44.2 Å². The number of nitrogens with zero attached hydrogens (tertiary/aromatic N) is 2. The molecule has 0 radical (unpaired) electrons. The van der Waals surface area contributed by atoms with Crippen molar-refractivity contribution in [2.45, 2.75) is 20.5 Å². The normalized spacial score (nSPS) is 10.2. The second-order valence-corrected chi connectivity index (χ2v) is 6.58. The van der Waals surface area contributed by atoms with Gasteiger partial charge in [0, 0.05) is 23.7 Å². The minimum atomic E-state index is -0.839. The molecule has 8 heteroatoms. The molecule has 3 aromatic carbocycles. The Morgan fingerprint density at radius 2 is 1.70 bits per heavy atom. The third-order valence-electron chi connectivity index (χ3n) is 4.57. The number of rotatable bonds is 7. The topological polar surface area (TPSA) is 83.7 Å². The number of non-ortho nitro benzene ring substituents is 1. The number of ether oxygens (including phenoxy) is 3. The Morgan fingerprint density at radius 3 is 2.36 bits per heavy atom. The summed E-state index contributed by atoms with van der Waals surface area (Å²) in [5, 5.41) is 11.4. The summed E-state index contributed by atoms with van der Waals surface area (Å²) < 4.78 is 31.3. The van der Waals surface area contributed by atoms with E-state index in [9.17, 15) is 14.5 Å². The van der Waals surface area contributed by atoms with Crippen molar-refractivity contribution in [2.24, 2.45) is 0 Å². The van der Waals surface area contributed by atoms with E-state index in [1.165, 1.54) is 25.4 Å². The number of nitro benzene ring substituents is 1. The molecule has 1 aromatic heterocycles. The molecule has 0 bridgehead atoms. The molecule has 0 N–H and O–H groups in total. The second-order valence-electron chi connectivity index (χ2n) is 6.58. The quantitative estimate of drug-likeness (QED) is 0.230. The van der Waals surface area contributed by atoms with Crippen LogP contribution in [0.25, 0.3) is 10.9 Å². The van der Waals surface area contributed by atoms with Gasteiger partial charge in [0.1, 0.15) is 12.4 Å². The van der Waals surface area contributed by atoms with Gasteiger partial charge in [0.05, 0.1) is 23.6 Å². The van der Waals surface area contributed by atoms with Gasteiger partial charge in [0.25, 0.3) is 5.69 Å². The molecule has 0 atom stereocenters. The number of benzene rings is 3. The van der Waals surface area contributed by atoms with Gasteiger partial charge in [-0.3, -0.25) is 15.1 Å². The van der Waals surface area contributed by atoms with E-state index < -0.39 is 10.7 Å². The molecule has 4 rings (SSSR count). The van der Waals surface area contributed by atoms with Crippen molar-refractivity contribution < 1.29 is 23.5 Å². The summed E-state index contributed by atoms with van der Waals surface area (Å²) in [6, 6.07) is 17.9. The molecule has 0 saturated heterocycles. The number of nitro groups is 1. The van der Waals surface area contributed by atoms with Crippen LogP contribution in [-0.2, 0) is 6.61 Å². The van der Waals surface area contributed by atoms with Crippen LogP contribution in [0.1, 0.15) is 19.4 Å². The Hall–Kier alpha value is -4.20. The number of halogens is 1. The largest absolute Gasteiger partial charge is 0.493 e. The maximum atomic E-state index is 14.3. The van der Waals surface area contributed by atoms with E-state index >= 15 is 0 Å². The number of hydrogen-bond donors (Lipinski definition) is 0. The number of aromatic nitrogens is 1. The van der Waals surface area contributed by atoms with Crippen LogP contribution < -0.4 is 14.2 Å². The van der Waals surface area contributed by atoms with E-state index in [1.807, 2.05) is 44.2 Å². The second kappa shape index (κ2) is 10.9. The number of methoxy groups -OCH3 is 1. The summed E-state index contributed by atoms with van der Waals surface area (Å²) in [6.45, 7) is 4.35. The van der Waals surface area contributed by atoms with E-state index in [2.05, 4.69) is 4.98 Å². The van der Waals surface area contributed by atoms with Crippen LogP contribution in [0.15, 0.2) is 72.9 Å². The molecule has 4 aromatic rings. The lowest BCUT2D eigenvalue weighted by molar-refractivity contribution is -0.385. The van der Waals surface area contributed by atoms with Gasteiger partial charge in [-0.25, -0.2) is 4.39 Å². The zero-order valence-corrected chi connectivity index (χ0v) is 18.4. The summed E-state index contributed by atoms with van der Waals surface area (Å²) >= 11 is 0. The fraction of sp³-hybridized carbons (Fsp3) is 0.160. The Morgan fingerprint density at radius 1 is 0.939 bits per heavy atom. The molecule has 0 saturated carbocycles. The van der Waals surface area contributed by atoms with Crippen molar-refractivity contribution in [1.82, 2.24) is 4.98 Å². The summed E-state index contributed by atoms with van der Waals surface area (Å²) in [5.74, 6) is 0.316. The third-order valence-corrected chi connectivity index (χ3v) is 4.57. The predicted molar refractivity (Wildman–Crippen MR) is 124 cm³/mol. The van der Waals surface area contributed by atoms with Crippen molar-refractivity contribution in [3.05, 3.63) is 94.4 Å². The lowest BCUT2D eigenvalue weighted by atomic mass is 10.1. The van der Waals surface area contributed by atoms with Crippen LogP contribution in [0.3, 0.4) is 0 Å². The van der Waals surface area contributed by atoms with Gasteiger partial charge in [-0.05, 0) is 23.8 Å². The first kappa shape index (κ1) is 23.5. The fourth-order valence-electron chi connectivity index (χ4n) is 3.03.